The van der Waals surface area contributed by atoms with Gasteiger partial charge in [0, 0.05) is 29.6 Å². The van der Waals surface area contributed by atoms with Gasteiger partial charge in [0.25, 0.3) is 5.91 Å². The Bertz CT molecular complexity index is 1960. The fourth-order valence-corrected chi connectivity index (χ4v) is 5.47. The first kappa shape index (κ1) is 38.5. The second-order valence-corrected chi connectivity index (χ2v) is 13.5. The van der Waals surface area contributed by atoms with E-state index >= 15 is 0 Å². The first-order chi connectivity index (χ1) is 24.2. The number of hydrogen-bond donors (Lipinski definition) is 2. The lowest BCUT2D eigenvalue weighted by atomic mass is 9.84. The van der Waals surface area contributed by atoms with Crippen LogP contribution in [0.2, 0.25) is 5.02 Å². The van der Waals surface area contributed by atoms with E-state index in [-0.39, 0.29) is 18.3 Å². The van der Waals surface area contributed by atoms with Crippen LogP contribution in [0.3, 0.4) is 0 Å². The van der Waals surface area contributed by atoms with Gasteiger partial charge < -0.3 is 25.3 Å². The quantitative estimate of drug-likeness (QED) is 0.0753. The number of rotatable bonds is 12. The van der Waals surface area contributed by atoms with Gasteiger partial charge in [0.05, 0.1) is 18.2 Å². The Balaban J connectivity index is 0.000000502. The van der Waals surface area contributed by atoms with Gasteiger partial charge >= 0.3 is 5.97 Å². The molecule has 2 amide bonds. The molecule has 11 nitrogen and oxygen atoms in total. The van der Waals surface area contributed by atoms with E-state index in [1.54, 1.807) is 42.5 Å². The van der Waals surface area contributed by atoms with Crippen LogP contribution in [0.1, 0.15) is 69.6 Å². The van der Waals surface area contributed by atoms with Crippen LogP contribution < -0.4 is 20.5 Å². The minimum absolute atomic E-state index is 0.153. The third kappa shape index (κ3) is 11.1. The van der Waals surface area contributed by atoms with E-state index in [2.05, 4.69) is 21.7 Å². The topological polar surface area (TPSA) is 148 Å². The molecular weight excluding hydrogens is 670 g/mol. The van der Waals surface area contributed by atoms with E-state index < -0.39 is 23.7 Å². The molecule has 0 bridgehead atoms. The molecule has 4 aromatic carbocycles. The van der Waals surface area contributed by atoms with E-state index in [9.17, 15) is 14.4 Å². The van der Waals surface area contributed by atoms with Crippen molar-refractivity contribution in [2.24, 2.45) is 11.1 Å². The maximum atomic E-state index is 12.7. The van der Waals surface area contributed by atoms with Crippen molar-refractivity contribution in [1.82, 2.24) is 15.0 Å². The number of hydrogen-bond acceptors (Lipinski definition) is 8. The first-order valence-corrected chi connectivity index (χ1v) is 16.9. The van der Waals surface area contributed by atoms with Crippen LogP contribution in [0.4, 0.5) is 5.69 Å². The fourth-order valence-electron chi connectivity index (χ4n) is 5.25. The largest absolute Gasteiger partial charge is 0.493 e. The van der Waals surface area contributed by atoms with Crippen molar-refractivity contribution in [3.63, 3.8) is 0 Å². The van der Waals surface area contributed by atoms with Crippen LogP contribution in [-0.2, 0) is 19.1 Å². The molecule has 1 heterocycles. The smallest absolute Gasteiger partial charge is 0.308 e. The van der Waals surface area contributed by atoms with Gasteiger partial charge in [0.1, 0.15) is 17.0 Å². The lowest BCUT2D eigenvalue weighted by Crippen LogP contribution is -2.34. The number of nitrogens with two attached hydrogens (primary N) is 1. The Morgan fingerprint density at radius 2 is 1.65 bits per heavy atom. The molecule has 2 atom stereocenters. The highest BCUT2D eigenvalue weighted by Gasteiger charge is 2.35. The Morgan fingerprint density at radius 1 is 0.941 bits per heavy atom. The normalized spacial score (nSPS) is 12.3. The molecule has 0 aliphatic heterocycles. The Labute approximate surface area is 303 Å². The van der Waals surface area contributed by atoms with Gasteiger partial charge in [-0.3, -0.25) is 14.4 Å². The van der Waals surface area contributed by atoms with E-state index in [1.165, 1.54) is 17.2 Å². The molecule has 0 aliphatic carbocycles. The summed E-state index contributed by atoms with van der Waals surface area (Å²) in [4.78, 5) is 35.7. The Kier molecular flexibility index (Phi) is 13.3. The molecule has 51 heavy (non-hydrogen) atoms. The summed E-state index contributed by atoms with van der Waals surface area (Å²) in [5.41, 5.74) is 9.88. The van der Waals surface area contributed by atoms with E-state index in [0.717, 1.165) is 11.3 Å². The molecule has 1 aromatic heterocycles. The van der Waals surface area contributed by atoms with Crippen molar-refractivity contribution in [3.8, 4) is 11.5 Å². The van der Waals surface area contributed by atoms with Crippen LogP contribution >= 0.6 is 11.6 Å². The summed E-state index contributed by atoms with van der Waals surface area (Å²) in [5.74, 6) is 0.249. The molecule has 12 heteroatoms. The predicted octanol–water partition coefficient (Wildman–Crippen LogP) is 7.90. The number of benzene rings is 4. The number of fused-ring (bicyclic) bond motifs is 1. The highest BCUT2D eigenvalue weighted by atomic mass is 35.5. The number of aromatic nitrogens is 3. The van der Waals surface area contributed by atoms with Gasteiger partial charge in [-0.25, -0.2) is 4.68 Å². The average molecular weight is 714 g/mol. The van der Waals surface area contributed by atoms with Crippen molar-refractivity contribution in [1.29, 1.82) is 0 Å². The van der Waals surface area contributed by atoms with Crippen LogP contribution in [0.5, 0.6) is 11.5 Å². The Hall–Kier alpha value is -5.26. The number of amides is 2. The molecule has 3 N–H and O–H groups in total. The monoisotopic (exact) mass is 713 g/mol. The zero-order valence-electron chi connectivity index (χ0n) is 29.7. The maximum Gasteiger partial charge on any atom is 0.308 e. The minimum Gasteiger partial charge on any atom is -0.493 e. The van der Waals surface area contributed by atoms with Crippen molar-refractivity contribution in [2.45, 2.75) is 66.7 Å². The van der Waals surface area contributed by atoms with Gasteiger partial charge in [-0.1, -0.05) is 85.6 Å². The zero-order chi connectivity index (χ0) is 37.1. The lowest BCUT2D eigenvalue weighted by Gasteiger charge is -2.34. The van der Waals surface area contributed by atoms with Crippen molar-refractivity contribution >= 4 is 46.1 Å². The molecule has 0 aliphatic rings. The highest BCUT2D eigenvalue weighted by molar-refractivity contribution is 6.31. The number of carbonyl (C=O) groups is 3. The van der Waals surface area contributed by atoms with Gasteiger partial charge in [-0.2, -0.15) is 0 Å². The number of primary amides is 1. The predicted molar refractivity (Wildman–Crippen MR) is 198 cm³/mol. The van der Waals surface area contributed by atoms with E-state index in [1.807, 2.05) is 77.1 Å². The number of carbonyl (C=O) groups excluding carboxylic acids is 3. The second kappa shape index (κ2) is 17.6. The number of esters is 1. The number of nitrogens with one attached hydrogen (secondary N) is 1. The third-order valence-corrected chi connectivity index (χ3v) is 7.94. The summed E-state index contributed by atoms with van der Waals surface area (Å²) in [6.07, 6.45) is -1.08. The van der Waals surface area contributed by atoms with Crippen molar-refractivity contribution in [3.05, 3.63) is 113 Å². The number of aryl methyl sites for hydroxylation is 2. The summed E-state index contributed by atoms with van der Waals surface area (Å²) in [6.45, 7) is 11.7. The van der Waals surface area contributed by atoms with Crippen molar-refractivity contribution in [2.75, 3.05) is 11.9 Å². The highest BCUT2D eigenvalue weighted by Crippen LogP contribution is 2.42. The van der Waals surface area contributed by atoms with Crippen LogP contribution in [-0.4, -0.2) is 39.4 Å². The summed E-state index contributed by atoms with van der Waals surface area (Å²) < 4.78 is 18.4. The molecule has 2 unspecified atom stereocenters. The Morgan fingerprint density at radius 3 is 2.31 bits per heavy atom. The summed E-state index contributed by atoms with van der Waals surface area (Å²) >= 11 is 6.64. The maximum absolute atomic E-state index is 12.7. The summed E-state index contributed by atoms with van der Waals surface area (Å²) in [5, 5.41) is 11.6. The standard InChI is InChI=1S/C31H36ClN5O4.C8H8O2/c1-19-12-15-26(20(2)17-19)40-16-8-11-27(38)34-21-13-14-23(32)22(18-21)28(31(3,4)5)41-30(29(33)39)37-25-10-7-6-9-24(25)35-36-37;1-7(9)10-8-5-3-2-4-6-8/h6-7,9-10,12-15,17-18,28,30H,8,11,16H2,1-5H3,(H2,33,39)(H,34,38);2-6H,1H3. The van der Waals surface area contributed by atoms with Crippen LogP contribution in [0, 0.1) is 19.3 Å². The second-order valence-electron chi connectivity index (χ2n) is 13.1. The lowest BCUT2D eigenvalue weighted by molar-refractivity contribution is -0.151. The summed E-state index contributed by atoms with van der Waals surface area (Å²) in [6, 6.07) is 27.4. The van der Waals surface area contributed by atoms with Crippen LogP contribution in [0.25, 0.3) is 11.0 Å². The molecule has 0 spiro atoms. The van der Waals surface area contributed by atoms with Crippen LogP contribution in [0.15, 0.2) is 91.0 Å². The number of anilines is 1. The molecule has 0 saturated carbocycles. The first-order valence-electron chi connectivity index (χ1n) is 16.5. The number of nitrogens with zero attached hydrogens (tertiary/aromatic N) is 3. The average Bonchev–Trinajstić information content (AvgIpc) is 3.49. The third-order valence-electron chi connectivity index (χ3n) is 7.60. The SMILES string of the molecule is CC(=O)Oc1ccccc1.Cc1ccc(OCCCC(=O)Nc2ccc(Cl)c(C(OC(C(N)=O)n3nnc4ccccc43)C(C)(C)C)c2)c(C)c1. The number of halogens is 1. The van der Waals surface area contributed by atoms with Gasteiger partial charge in [-0.15, -0.1) is 5.10 Å². The van der Waals surface area contributed by atoms with E-state index in [4.69, 9.17) is 31.5 Å². The molecule has 5 aromatic rings. The van der Waals surface area contributed by atoms with Gasteiger partial charge in [0.2, 0.25) is 12.1 Å². The van der Waals surface area contributed by atoms with Gasteiger partial charge in [0.15, 0.2) is 0 Å². The number of para-hydroxylation sites is 2. The van der Waals surface area contributed by atoms with Crippen molar-refractivity contribution < 1.29 is 28.6 Å². The van der Waals surface area contributed by atoms with E-state index in [0.29, 0.717) is 46.1 Å². The molecule has 0 radical (unpaired) electrons. The zero-order valence-corrected chi connectivity index (χ0v) is 30.4. The molecule has 268 valence electrons. The summed E-state index contributed by atoms with van der Waals surface area (Å²) in [7, 11) is 0. The molecule has 0 fully saturated rings. The molecule has 5 rings (SSSR count). The molecular formula is C39H44ClN5O6. The van der Waals surface area contributed by atoms with Gasteiger partial charge in [-0.05, 0) is 79.8 Å². The molecule has 0 saturated heterocycles. The number of ether oxygens (including phenoxy) is 3. The fraction of sp³-hybridized carbons (Fsp3) is 0.308. The minimum atomic E-state index is -1.24.